The Morgan fingerprint density at radius 2 is 2.33 bits per heavy atom. The summed E-state index contributed by atoms with van der Waals surface area (Å²) in [5.41, 5.74) is 4.82. The van der Waals surface area contributed by atoms with Crippen LogP contribution in [0.5, 0.6) is 0 Å². The zero-order chi connectivity index (χ0) is 7.28. The highest BCUT2D eigenvalue weighted by molar-refractivity contribution is 5.73. The Kier molecular flexibility index (Phi) is 4.00. The Morgan fingerprint density at radius 3 is 2.67 bits per heavy atom. The summed E-state index contributed by atoms with van der Waals surface area (Å²) in [6.07, 6.45) is 0.213. The van der Waals surface area contributed by atoms with Crippen LogP contribution in [-0.4, -0.2) is 29.3 Å². The molecule has 4 nitrogen and oxygen atoms in total. The molecule has 9 heavy (non-hydrogen) atoms. The molecule has 0 unspecified atom stereocenters. The van der Waals surface area contributed by atoms with Gasteiger partial charge in [-0.1, -0.05) is 6.92 Å². The van der Waals surface area contributed by atoms with E-state index in [1.165, 1.54) is 0 Å². The molecule has 4 heteroatoms. The standard InChI is InChI=1S/C5H12N2O2/c1-2-7(9)4-3-5(6)8/h9H,2-4H2,1H3,(H2,6,8). The van der Waals surface area contributed by atoms with Crippen molar-refractivity contribution in [1.29, 1.82) is 0 Å². The number of nitrogens with two attached hydrogens (primary N) is 1. The van der Waals surface area contributed by atoms with Crippen LogP contribution in [0.25, 0.3) is 0 Å². The van der Waals surface area contributed by atoms with Crippen molar-refractivity contribution < 1.29 is 10.0 Å². The summed E-state index contributed by atoms with van der Waals surface area (Å²) in [7, 11) is 0. The number of hydrogen-bond donors (Lipinski definition) is 2. The number of hydrogen-bond acceptors (Lipinski definition) is 3. The molecule has 0 aromatic rings. The van der Waals surface area contributed by atoms with Crippen molar-refractivity contribution in [2.24, 2.45) is 5.73 Å². The fourth-order valence-corrected chi connectivity index (χ4v) is 0.397. The molecule has 0 aromatic carbocycles. The van der Waals surface area contributed by atoms with Gasteiger partial charge in [0.05, 0.1) is 0 Å². The van der Waals surface area contributed by atoms with Gasteiger partial charge < -0.3 is 10.9 Å². The van der Waals surface area contributed by atoms with E-state index in [-0.39, 0.29) is 12.3 Å². The number of primary amides is 1. The Hall–Kier alpha value is -0.610. The fourth-order valence-electron chi connectivity index (χ4n) is 0.397. The number of rotatable bonds is 4. The zero-order valence-corrected chi connectivity index (χ0v) is 5.50. The van der Waals surface area contributed by atoms with Gasteiger partial charge in [0.25, 0.3) is 0 Å². The van der Waals surface area contributed by atoms with E-state index in [2.05, 4.69) is 0 Å². The first-order valence-electron chi connectivity index (χ1n) is 2.89. The summed E-state index contributed by atoms with van der Waals surface area (Å²) in [6, 6.07) is 0. The average molecular weight is 132 g/mol. The molecule has 0 radical (unpaired) electrons. The van der Waals surface area contributed by atoms with Crippen molar-refractivity contribution in [3.8, 4) is 0 Å². The summed E-state index contributed by atoms with van der Waals surface area (Å²) in [5, 5.41) is 9.78. The Morgan fingerprint density at radius 1 is 1.78 bits per heavy atom. The third kappa shape index (κ3) is 5.26. The molecule has 0 bridgehead atoms. The molecule has 0 rings (SSSR count). The van der Waals surface area contributed by atoms with Crippen molar-refractivity contribution in [1.82, 2.24) is 5.06 Å². The first-order valence-corrected chi connectivity index (χ1v) is 2.89. The van der Waals surface area contributed by atoms with Crippen molar-refractivity contribution in [3.63, 3.8) is 0 Å². The maximum atomic E-state index is 10.1. The quantitative estimate of drug-likeness (QED) is 0.510. The minimum Gasteiger partial charge on any atom is -0.370 e. The number of hydroxylamine groups is 2. The minimum atomic E-state index is -0.387. The molecule has 54 valence electrons. The van der Waals surface area contributed by atoms with Crippen LogP contribution >= 0.6 is 0 Å². The van der Waals surface area contributed by atoms with E-state index in [0.29, 0.717) is 13.1 Å². The maximum absolute atomic E-state index is 10.1. The highest BCUT2D eigenvalue weighted by Gasteiger charge is 1.98. The Balaban J connectivity index is 3.16. The molecule has 0 fully saturated rings. The topological polar surface area (TPSA) is 66.6 Å². The van der Waals surface area contributed by atoms with Gasteiger partial charge in [-0.25, -0.2) is 0 Å². The van der Waals surface area contributed by atoms with Crippen molar-refractivity contribution >= 4 is 5.91 Å². The smallest absolute Gasteiger partial charge is 0.218 e. The van der Waals surface area contributed by atoms with Crippen LogP contribution < -0.4 is 5.73 Å². The van der Waals surface area contributed by atoms with Gasteiger partial charge in [0, 0.05) is 19.5 Å². The molecular formula is C5H12N2O2. The second-order valence-electron chi connectivity index (χ2n) is 1.76. The third-order valence-electron chi connectivity index (χ3n) is 0.981. The van der Waals surface area contributed by atoms with Crippen LogP contribution in [0.3, 0.4) is 0 Å². The SMILES string of the molecule is CCN(O)CCC(N)=O. The number of nitrogens with zero attached hydrogens (tertiary/aromatic N) is 1. The first-order chi connectivity index (χ1) is 4.16. The highest BCUT2D eigenvalue weighted by atomic mass is 16.5. The minimum absolute atomic E-state index is 0.213. The molecule has 0 atom stereocenters. The van der Waals surface area contributed by atoms with E-state index < -0.39 is 0 Å². The molecule has 0 aliphatic carbocycles. The van der Waals surface area contributed by atoms with Gasteiger partial charge in [-0.15, -0.1) is 0 Å². The molecule has 0 aromatic heterocycles. The van der Waals surface area contributed by atoms with Gasteiger partial charge >= 0.3 is 0 Å². The largest absolute Gasteiger partial charge is 0.370 e. The predicted octanol–water partition coefficient (Wildman–Crippen LogP) is -0.427. The van der Waals surface area contributed by atoms with Crippen molar-refractivity contribution in [2.75, 3.05) is 13.1 Å². The lowest BCUT2D eigenvalue weighted by Gasteiger charge is -2.08. The normalized spacial score (nSPS) is 10.1. The molecule has 0 spiro atoms. The summed E-state index contributed by atoms with van der Waals surface area (Å²) < 4.78 is 0. The van der Waals surface area contributed by atoms with Crippen LogP contribution in [-0.2, 0) is 4.79 Å². The van der Waals surface area contributed by atoms with E-state index in [0.717, 1.165) is 5.06 Å². The maximum Gasteiger partial charge on any atom is 0.218 e. The summed E-state index contributed by atoms with van der Waals surface area (Å²) >= 11 is 0. The highest BCUT2D eigenvalue weighted by Crippen LogP contribution is 1.83. The van der Waals surface area contributed by atoms with E-state index in [4.69, 9.17) is 10.9 Å². The third-order valence-corrected chi connectivity index (χ3v) is 0.981. The van der Waals surface area contributed by atoms with Crippen LogP contribution in [0.15, 0.2) is 0 Å². The molecule has 0 aliphatic heterocycles. The van der Waals surface area contributed by atoms with Crippen LogP contribution in [0, 0.1) is 0 Å². The second-order valence-corrected chi connectivity index (χ2v) is 1.76. The summed E-state index contributed by atoms with van der Waals surface area (Å²) in [5.74, 6) is -0.387. The van der Waals surface area contributed by atoms with Crippen molar-refractivity contribution in [3.05, 3.63) is 0 Å². The van der Waals surface area contributed by atoms with Gasteiger partial charge in [0.2, 0.25) is 5.91 Å². The lowest BCUT2D eigenvalue weighted by atomic mass is 10.4. The van der Waals surface area contributed by atoms with E-state index in [1.54, 1.807) is 6.92 Å². The zero-order valence-electron chi connectivity index (χ0n) is 5.50. The van der Waals surface area contributed by atoms with Gasteiger partial charge in [-0.3, -0.25) is 4.79 Å². The van der Waals surface area contributed by atoms with Gasteiger partial charge in [-0.2, -0.15) is 5.06 Å². The van der Waals surface area contributed by atoms with Crippen LogP contribution in [0.1, 0.15) is 13.3 Å². The monoisotopic (exact) mass is 132 g/mol. The lowest BCUT2D eigenvalue weighted by Crippen LogP contribution is -2.24. The summed E-state index contributed by atoms with van der Waals surface area (Å²) in [6.45, 7) is 2.64. The molecule has 3 N–H and O–H groups in total. The number of carbonyl (C=O) groups excluding carboxylic acids is 1. The Labute approximate surface area is 54.2 Å². The number of amides is 1. The van der Waals surface area contributed by atoms with Crippen LogP contribution in [0.4, 0.5) is 0 Å². The Bertz CT molecular complexity index is 95.0. The van der Waals surface area contributed by atoms with Gasteiger partial charge in [-0.05, 0) is 0 Å². The molecule has 0 saturated heterocycles. The van der Waals surface area contributed by atoms with Crippen LogP contribution in [0.2, 0.25) is 0 Å². The lowest BCUT2D eigenvalue weighted by molar-refractivity contribution is -0.123. The second kappa shape index (κ2) is 4.29. The molecule has 0 aliphatic rings. The van der Waals surface area contributed by atoms with E-state index in [1.807, 2.05) is 0 Å². The number of carbonyl (C=O) groups is 1. The van der Waals surface area contributed by atoms with Gasteiger partial charge in [0.1, 0.15) is 0 Å². The molecule has 0 saturated carbocycles. The van der Waals surface area contributed by atoms with E-state index in [9.17, 15) is 4.79 Å². The predicted molar refractivity (Wildman–Crippen MR) is 32.8 cm³/mol. The molecular weight excluding hydrogens is 120 g/mol. The van der Waals surface area contributed by atoms with Crippen molar-refractivity contribution in [2.45, 2.75) is 13.3 Å². The fraction of sp³-hybridized carbons (Fsp3) is 0.800. The van der Waals surface area contributed by atoms with Gasteiger partial charge in [0.15, 0.2) is 0 Å². The first kappa shape index (κ1) is 8.39. The summed E-state index contributed by atoms with van der Waals surface area (Å²) in [4.78, 5) is 10.1. The molecule has 0 heterocycles. The van der Waals surface area contributed by atoms with E-state index >= 15 is 0 Å². The molecule has 1 amide bonds. The average Bonchev–Trinajstić information content (AvgIpc) is 1.83.